The van der Waals surface area contributed by atoms with Gasteiger partial charge in [-0.25, -0.2) is 14.7 Å². The SMILES string of the molecule is CC(C)NC(=O)N1C(=O)C(C(=O)c2cccs2)c2nc(Cl)ccc21. The number of thiophene rings is 1. The van der Waals surface area contributed by atoms with Gasteiger partial charge in [0.2, 0.25) is 0 Å². The summed E-state index contributed by atoms with van der Waals surface area (Å²) < 4.78 is 0. The predicted molar refractivity (Wildman–Crippen MR) is 91.8 cm³/mol. The third-order valence-electron chi connectivity index (χ3n) is 3.49. The van der Waals surface area contributed by atoms with Gasteiger partial charge in [-0.2, -0.15) is 0 Å². The van der Waals surface area contributed by atoms with Crippen LogP contribution in [0.2, 0.25) is 5.15 Å². The Morgan fingerprint density at radius 1 is 1.33 bits per heavy atom. The Morgan fingerprint density at radius 2 is 2.08 bits per heavy atom. The van der Waals surface area contributed by atoms with Gasteiger partial charge in [-0.05, 0) is 37.4 Å². The number of fused-ring (bicyclic) bond motifs is 1. The molecular formula is C16H14ClN3O3S. The van der Waals surface area contributed by atoms with E-state index in [0.717, 1.165) is 4.90 Å². The van der Waals surface area contributed by atoms with E-state index >= 15 is 0 Å². The van der Waals surface area contributed by atoms with Gasteiger partial charge >= 0.3 is 6.03 Å². The Kier molecular flexibility index (Phi) is 4.38. The molecule has 3 amide bonds. The number of hydrogen-bond donors (Lipinski definition) is 1. The molecule has 0 spiro atoms. The average Bonchev–Trinajstić information content (AvgIpc) is 3.11. The second-order valence-electron chi connectivity index (χ2n) is 5.59. The molecule has 1 aliphatic heterocycles. The van der Waals surface area contributed by atoms with E-state index in [1.807, 2.05) is 0 Å². The fourth-order valence-electron chi connectivity index (χ4n) is 2.53. The van der Waals surface area contributed by atoms with Gasteiger partial charge < -0.3 is 5.32 Å². The van der Waals surface area contributed by atoms with Crippen LogP contribution in [0, 0.1) is 0 Å². The summed E-state index contributed by atoms with van der Waals surface area (Å²) in [5, 5.41) is 4.58. The number of nitrogens with one attached hydrogen (secondary N) is 1. The second-order valence-corrected chi connectivity index (χ2v) is 6.93. The van der Waals surface area contributed by atoms with Gasteiger partial charge in [-0.3, -0.25) is 9.59 Å². The molecular weight excluding hydrogens is 350 g/mol. The summed E-state index contributed by atoms with van der Waals surface area (Å²) in [6, 6.07) is 5.66. The lowest BCUT2D eigenvalue weighted by molar-refractivity contribution is -0.117. The highest BCUT2D eigenvalue weighted by Gasteiger charge is 2.46. The van der Waals surface area contributed by atoms with Gasteiger partial charge in [0, 0.05) is 6.04 Å². The van der Waals surface area contributed by atoms with Crippen LogP contribution in [-0.2, 0) is 4.79 Å². The number of aromatic nitrogens is 1. The third kappa shape index (κ3) is 2.81. The number of rotatable bonds is 3. The van der Waals surface area contributed by atoms with Gasteiger partial charge in [-0.15, -0.1) is 11.3 Å². The number of anilines is 1. The van der Waals surface area contributed by atoms with Crippen molar-refractivity contribution in [3.05, 3.63) is 45.4 Å². The van der Waals surface area contributed by atoms with Crippen molar-refractivity contribution in [3.63, 3.8) is 0 Å². The average molecular weight is 364 g/mol. The van der Waals surface area contributed by atoms with Crippen LogP contribution in [-0.4, -0.2) is 28.7 Å². The number of ketones is 1. The highest BCUT2D eigenvalue weighted by Crippen LogP contribution is 2.39. The molecule has 124 valence electrons. The molecule has 1 atom stereocenters. The molecule has 3 heterocycles. The number of nitrogens with zero attached hydrogens (tertiary/aromatic N) is 2. The minimum Gasteiger partial charge on any atom is -0.335 e. The minimum atomic E-state index is -1.16. The number of Topliss-reactive ketones (excluding diaryl/α,β-unsaturated/α-hetero) is 1. The number of pyridine rings is 1. The van der Waals surface area contributed by atoms with E-state index in [2.05, 4.69) is 10.3 Å². The molecule has 2 aromatic heterocycles. The number of imide groups is 1. The zero-order chi connectivity index (χ0) is 17.4. The molecule has 2 aromatic rings. The summed E-state index contributed by atoms with van der Waals surface area (Å²) in [6.07, 6.45) is 0. The van der Waals surface area contributed by atoms with Crippen molar-refractivity contribution in [2.24, 2.45) is 0 Å². The van der Waals surface area contributed by atoms with E-state index in [0.29, 0.717) is 4.88 Å². The molecule has 24 heavy (non-hydrogen) atoms. The standard InChI is InChI=1S/C16H14ClN3O3S/c1-8(2)18-16(23)20-9-5-6-11(17)19-13(9)12(15(20)22)14(21)10-4-3-7-24-10/h3-8,12H,1-2H3,(H,18,23). The van der Waals surface area contributed by atoms with Crippen LogP contribution in [0.25, 0.3) is 0 Å². The molecule has 1 N–H and O–H groups in total. The maximum atomic E-state index is 12.8. The predicted octanol–water partition coefficient (Wildman–Crippen LogP) is 3.23. The number of halogens is 1. The summed E-state index contributed by atoms with van der Waals surface area (Å²) in [5.74, 6) is -2.16. The van der Waals surface area contributed by atoms with Crippen LogP contribution in [0.3, 0.4) is 0 Å². The highest BCUT2D eigenvalue weighted by atomic mass is 35.5. The van der Waals surface area contributed by atoms with E-state index in [4.69, 9.17) is 11.6 Å². The van der Waals surface area contributed by atoms with Crippen molar-refractivity contribution < 1.29 is 14.4 Å². The number of carbonyl (C=O) groups is 3. The Morgan fingerprint density at radius 3 is 2.71 bits per heavy atom. The Bertz CT molecular complexity index is 820. The molecule has 0 aromatic carbocycles. The van der Waals surface area contributed by atoms with Crippen LogP contribution in [0.5, 0.6) is 0 Å². The Hall–Kier alpha value is -2.25. The molecule has 0 fully saturated rings. The smallest absolute Gasteiger partial charge is 0.329 e. The Balaban J connectivity index is 2.06. The molecule has 1 unspecified atom stereocenters. The lowest BCUT2D eigenvalue weighted by Crippen LogP contribution is -2.45. The monoisotopic (exact) mass is 363 g/mol. The summed E-state index contributed by atoms with van der Waals surface area (Å²) in [7, 11) is 0. The van der Waals surface area contributed by atoms with E-state index < -0.39 is 17.9 Å². The van der Waals surface area contributed by atoms with Gasteiger partial charge in [0.05, 0.1) is 16.3 Å². The molecule has 1 aliphatic rings. The summed E-state index contributed by atoms with van der Waals surface area (Å²) >= 11 is 7.16. The molecule has 0 bridgehead atoms. The van der Waals surface area contributed by atoms with Gasteiger partial charge in [0.1, 0.15) is 11.1 Å². The first-order valence-electron chi connectivity index (χ1n) is 7.28. The molecule has 0 radical (unpaired) electrons. The fourth-order valence-corrected chi connectivity index (χ4v) is 3.38. The zero-order valence-corrected chi connectivity index (χ0v) is 14.5. The summed E-state index contributed by atoms with van der Waals surface area (Å²) in [6.45, 7) is 3.57. The minimum absolute atomic E-state index is 0.152. The lowest BCUT2D eigenvalue weighted by Gasteiger charge is -2.18. The van der Waals surface area contributed by atoms with Crippen molar-refractivity contribution in [2.45, 2.75) is 25.8 Å². The summed E-state index contributed by atoms with van der Waals surface area (Å²) in [4.78, 5) is 43.5. The maximum Gasteiger partial charge on any atom is 0.329 e. The molecule has 6 nitrogen and oxygen atoms in total. The zero-order valence-electron chi connectivity index (χ0n) is 12.9. The molecule has 0 saturated carbocycles. The van der Waals surface area contributed by atoms with Crippen molar-refractivity contribution in [3.8, 4) is 0 Å². The molecule has 8 heteroatoms. The number of amides is 3. The van der Waals surface area contributed by atoms with Gasteiger partial charge in [0.25, 0.3) is 5.91 Å². The van der Waals surface area contributed by atoms with Gasteiger partial charge in [0.15, 0.2) is 5.78 Å². The topological polar surface area (TPSA) is 79.4 Å². The highest BCUT2D eigenvalue weighted by molar-refractivity contribution is 7.12. The van der Waals surface area contributed by atoms with E-state index in [1.165, 1.54) is 23.5 Å². The second kappa shape index (κ2) is 6.33. The van der Waals surface area contributed by atoms with Crippen LogP contribution in [0.15, 0.2) is 29.6 Å². The first kappa shape index (κ1) is 16.6. The van der Waals surface area contributed by atoms with Crippen LogP contribution in [0.1, 0.15) is 35.1 Å². The number of carbonyl (C=O) groups excluding carboxylic acids is 3. The fraction of sp³-hybridized carbons (Fsp3) is 0.250. The Labute approximate surface area is 147 Å². The van der Waals surface area contributed by atoms with Crippen molar-refractivity contribution in [2.75, 3.05) is 4.90 Å². The van der Waals surface area contributed by atoms with Crippen molar-refractivity contribution in [1.82, 2.24) is 10.3 Å². The first-order chi connectivity index (χ1) is 11.4. The van der Waals surface area contributed by atoms with Crippen LogP contribution in [0.4, 0.5) is 10.5 Å². The largest absolute Gasteiger partial charge is 0.335 e. The molecule has 0 saturated heterocycles. The quantitative estimate of drug-likeness (QED) is 0.516. The number of hydrogen-bond acceptors (Lipinski definition) is 5. The summed E-state index contributed by atoms with van der Waals surface area (Å²) in [5.41, 5.74) is 0.502. The van der Waals surface area contributed by atoms with Crippen LogP contribution < -0.4 is 10.2 Å². The van der Waals surface area contributed by atoms with Gasteiger partial charge in [-0.1, -0.05) is 17.7 Å². The van der Waals surface area contributed by atoms with E-state index in [-0.39, 0.29) is 28.4 Å². The van der Waals surface area contributed by atoms with E-state index in [9.17, 15) is 14.4 Å². The molecule has 0 aliphatic carbocycles. The maximum absolute atomic E-state index is 12.8. The van der Waals surface area contributed by atoms with Crippen molar-refractivity contribution in [1.29, 1.82) is 0 Å². The van der Waals surface area contributed by atoms with E-state index in [1.54, 1.807) is 31.4 Å². The third-order valence-corrected chi connectivity index (χ3v) is 4.59. The van der Waals surface area contributed by atoms with Crippen molar-refractivity contribution >= 4 is 46.3 Å². The lowest BCUT2D eigenvalue weighted by atomic mass is 10.00. The molecule has 3 rings (SSSR count). The number of urea groups is 1. The first-order valence-corrected chi connectivity index (χ1v) is 8.54. The van der Waals surface area contributed by atoms with Crippen LogP contribution >= 0.6 is 22.9 Å². The normalized spacial score (nSPS) is 16.4.